The highest BCUT2D eigenvalue weighted by Gasteiger charge is 2.25. The third-order valence-electron chi connectivity index (χ3n) is 5.39. The van der Waals surface area contributed by atoms with Crippen LogP contribution in [0.1, 0.15) is 36.4 Å². The van der Waals surface area contributed by atoms with Gasteiger partial charge in [-0.25, -0.2) is 14.3 Å². The number of rotatable bonds is 4. The van der Waals surface area contributed by atoms with Crippen molar-refractivity contribution in [3.8, 4) is 5.69 Å². The van der Waals surface area contributed by atoms with Crippen molar-refractivity contribution in [2.24, 2.45) is 0 Å². The van der Waals surface area contributed by atoms with E-state index in [1.54, 1.807) is 0 Å². The molecular formula is C21H27N3O5. The zero-order valence-electron chi connectivity index (χ0n) is 16.4. The van der Waals surface area contributed by atoms with Gasteiger partial charge in [-0.2, -0.15) is 5.10 Å². The van der Waals surface area contributed by atoms with E-state index in [1.807, 2.05) is 0 Å². The van der Waals surface area contributed by atoms with Crippen LogP contribution in [0.4, 0.5) is 0 Å². The maximum Gasteiger partial charge on any atom is 0.414 e. The molecule has 1 aliphatic carbocycles. The average Bonchev–Trinajstić information content (AvgIpc) is 3.19. The molecule has 4 rings (SSSR count). The van der Waals surface area contributed by atoms with Gasteiger partial charge in [-0.3, -0.25) is 4.90 Å². The van der Waals surface area contributed by atoms with E-state index in [2.05, 4.69) is 46.1 Å². The Bertz CT molecular complexity index is 803. The number of benzene rings is 1. The van der Waals surface area contributed by atoms with Crippen molar-refractivity contribution < 1.29 is 24.5 Å². The summed E-state index contributed by atoms with van der Waals surface area (Å²) in [5, 5.41) is 19.5. The molecule has 156 valence electrons. The topological polar surface area (TPSA) is 105 Å². The predicted octanol–water partition coefficient (Wildman–Crippen LogP) is 2.17. The standard InChI is InChI=1S/C19H25N3O.C2H2O4/c1-2-6-17(7-3-1)22-19-8-4-5-16(18(19)15-20-22)9-10-21-11-13-23-14-12-21;3-1(4)2(5)6/h1-3,6-7,15-16H,4-5,8-14H2;(H,3,4)(H,5,6). The lowest BCUT2D eigenvalue weighted by Crippen LogP contribution is -2.37. The van der Waals surface area contributed by atoms with Gasteiger partial charge in [0.1, 0.15) is 0 Å². The second-order valence-corrected chi connectivity index (χ2v) is 7.24. The monoisotopic (exact) mass is 401 g/mol. The minimum atomic E-state index is -1.82. The molecule has 0 radical (unpaired) electrons. The summed E-state index contributed by atoms with van der Waals surface area (Å²) in [7, 11) is 0. The molecule has 29 heavy (non-hydrogen) atoms. The zero-order valence-corrected chi connectivity index (χ0v) is 16.4. The van der Waals surface area contributed by atoms with Crippen molar-refractivity contribution in [3.63, 3.8) is 0 Å². The molecule has 2 N–H and O–H groups in total. The number of carbonyl (C=O) groups is 2. The van der Waals surface area contributed by atoms with E-state index in [0.29, 0.717) is 5.92 Å². The fraction of sp³-hybridized carbons (Fsp3) is 0.476. The van der Waals surface area contributed by atoms with Crippen LogP contribution in [0.3, 0.4) is 0 Å². The number of aromatic nitrogens is 2. The molecule has 2 aliphatic rings. The number of para-hydroxylation sites is 1. The van der Waals surface area contributed by atoms with E-state index in [4.69, 9.17) is 29.6 Å². The lowest BCUT2D eigenvalue weighted by Gasteiger charge is -2.29. The average molecular weight is 401 g/mol. The summed E-state index contributed by atoms with van der Waals surface area (Å²) >= 11 is 0. The van der Waals surface area contributed by atoms with Crippen molar-refractivity contribution in [2.75, 3.05) is 32.8 Å². The molecule has 0 bridgehead atoms. The largest absolute Gasteiger partial charge is 0.473 e. The van der Waals surface area contributed by atoms with Crippen LogP contribution in [0.25, 0.3) is 5.69 Å². The smallest absolute Gasteiger partial charge is 0.414 e. The van der Waals surface area contributed by atoms with Gasteiger partial charge in [0, 0.05) is 18.8 Å². The molecular weight excluding hydrogens is 374 g/mol. The SMILES string of the molecule is O=C(O)C(=O)O.c1ccc(-n2ncc3c2CCCC3CCN2CCOCC2)cc1. The maximum atomic E-state index is 9.10. The second kappa shape index (κ2) is 10.2. The summed E-state index contributed by atoms with van der Waals surface area (Å²) in [6, 6.07) is 10.5. The van der Waals surface area contributed by atoms with Crippen molar-refractivity contribution in [1.82, 2.24) is 14.7 Å². The van der Waals surface area contributed by atoms with Crippen LogP contribution in [0.2, 0.25) is 0 Å². The summed E-state index contributed by atoms with van der Waals surface area (Å²) in [6.07, 6.45) is 7.09. The van der Waals surface area contributed by atoms with Gasteiger partial charge in [0.15, 0.2) is 0 Å². The summed E-state index contributed by atoms with van der Waals surface area (Å²) in [6.45, 7) is 5.14. The highest BCUT2D eigenvalue weighted by atomic mass is 16.5. The van der Waals surface area contributed by atoms with E-state index in [9.17, 15) is 0 Å². The highest BCUT2D eigenvalue weighted by molar-refractivity contribution is 6.27. The lowest BCUT2D eigenvalue weighted by atomic mass is 9.84. The number of hydrogen-bond donors (Lipinski definition) is 2. The third kappa shape index (κ3) is 5.65. The predicted molar refractivity (Wildman–Crippen MR) is 106 cm³/mol. The van der Waals surface area contributed by atoms with Crippen molar-refractivity contribution in [2.45, 2.75) is 31.6 Å². The van der Waals surface area contributed by atoms with Crippen LogP contribution >= 0.6 is 0 Å². The molecule has 1 aromatic heterocycles. The van der Waals surface area contributed by atoms with Gasteiger partial charge in [-0.1, -0.05) is 18.2 Å². The molecule has 1 aliphatic heterocycles. The first kappa shape index (κ1) is 21.0. The molecule has 2 aromatic rings. The number of aliphatic carboxylic acids is 2. The Kier molecular flexibility index (Phi) is 7.37. The Morgan fingerprint density at radius 2 is 1.79 bits per heavy atom. The Balaban J connectivity index is 0.000000353. The molecule has 1 fully saturated rings. The first-order chi connectivity index (χ1) is 14.1. The molecule has 1 saturated heterocycles. The molecule has 1 aromatic carbocycles. The van der Waals surface area contributed by atoms with Crippen LogP contribution in [0.15, 0.2) is 36.5 Å². The molecule has 0 amide bonds. The fourth-order valence-electron chi connectivity index (χ4n) is 3.90. The Morgan fingerprint density at radius 1 is 1.10 bits per heavy atom. The number of fused-ring (bicyclic) bond motifs is 1. The van der Waals surface area contributed by atoms with Crippen LogP contribution in [0.5, 0.6) is 0 Å². The van der Waals surface area contributed by atoms with E-state index < -0.39 is 11.9 Å². The lowest BCUT2D eigenvalue weighted by molar-refractivity contribution is -0.159. The molecule has 0 saturated carbocycles. The van der Waals surface area contributed by atoms with Gasteiger partial charge in [-0.05, 0) is 55.8 Å². The minimum absolute atomic E-state index is 0.666. The maximum absolute atomic E-state index is 9.10. The van der Waals surface area contributed by atoms with E-state index in [1.165, 1.54) is 42.8 Å². The highest BCUT2D eigenvalue weighted by Crippen LogP contribution is 2.35. The second-order valence-electron chi connectivity index (χ2n) is 7.24. The number of carboxylic acid groups (broad SMARTS) is 2. The van der Waals surface area contributed by atoms with Crippen LogP contribution in [-0.2, 0) is 20.7 Å². The van der Waals surface area contributed by atoms with Crippen molar-refractivity contribution in [3.05, 3.63) is 47.8 Å². The minimum Gasteiger partial charge on any atom is -0.473 e. The van der Waals surface area contributed by atoms with Crippen LogP contribution in [0, 0.1) is 0 Å². The van der Waals surface area contributed by atoms with Gasteiger partial charge in [0.2, 0.25) is 0 Å². The molecule has 2 heterocycles. The molecule has 8 heteroatoms. The van der Waals surface area contributed by atoms with E-state index >= 15 is 0 Å². The van der Waals surface area contributed by atoms with Gasteiger partial charge >= 0.3 is 11.9 Å². The Labute approximate surface area is 169 Å². The third-order valence-corrected chi connectivity index (χ3v) is 5.39. The molecule has 8 nitrogen and oxygen atoms in total. The van der Waals surface area contributed by atoms with Gasteiger partial charge in [0.25, 0.3) is 0 Å². The normalized spacial score (nSPS) is 19.0. The summed E-state index contributed by atoms with van der Waals surface area (Å²) in [5.41, 5.74) is 4.09. The Hall–Kier alpha value is -2.71. The number of carboxylic acids is 2. The summed E-state index contributed by atoms with van der Waals surface area (Å²) < 4.78 is 7.59. The van der Waals surface area contributed by atoms with Gasteiger partial charge in [-0.15, -0.1) is 0 Å². The molecule has 0 spiro atoms. The van der Waals surface area contributed by atoms with Crippen LogP contribution < -0.4 is 0 Å². The number of hydrogen-bond acceptors (Lipinski definition) is 5. The van der Waals surface area contributed by atoms with Gasteiger partial charge < -0.3 is 14.9 Å². The quantitative estimate of drug-likeness (QED) is 0.757. The van der Waals surface area contributed by atoms with Gasteiger partial charge in [0.05, 0.1) is 25.1 Å². The van der Waals surface area contributed by atoms with E-state index in [-0.39, 0.29) is 0 Å². The molecule has 1 atom stereocenters. The fourth-order valence-corrected chi connectivity index (χ4v) is 3.90. The number of nitrogens with zero attached hydrogens (tertiary/aromatic N) is 3. The first-order valence-corrected chi connectivity index (χ1v) is 9.94. The zero-order chi connectivity index (χ0) is 20.6. The molecule has 1 unspecified atom stereocenters. The van der Waals surface area contributed by atoms with Crippen molar-refractivity contribution >= 4 is 11.9 Å². The van der Waals surface area contributed by atoms with Crippen molar-refractivity contribution in [1.29, 1.82) is 0 Å². The first-order valence-electron chi connectivity index (χ1n) is 9.94. The Morgan fingerprint density at radius 3 is 2.45 bits per heavy atom. The summed E-state index contributed by atoms with van der Waals surface area (Å²) in [4.78, 5) is 20.7. The number of ether oxygens (including phenoxy) is 1. The van der Waals surface area contributed by atoms with Crippen LogP contribution in [-0.4, -0.2) is 69.7 Å². The summed E-state index contributed by atoms with van der Waals surface area (Å²) in [5.74, 6) is -2.98. The number of morpholine rings is 1. The van der Waals surface area contributed by atoms with E-state index in [0.717, 1.165) is 32.7 Å².